The van der Waals surface area contributed by atoms with Gasteiger partial charge in [-0.1, -0.05) is 29.8 Å². The Morgan fingerprint density at radius 1 is 1.00 bits per heavy atom. The van der Waals surface area contributed by atoms with Crippen molar-refractivity contribution in [3.63, 3.8) is 0 Å². The molecule has 0 fully saturated rings. The molecular weight excluding hydrogens is 296 g/mol. The van der Waals surface area contributed by atoms with Gasteiger partial charge in [-0.15, -0.1) is 0 Å². The summed E-state index contributed by atoms with van der Waals surface area (Å²) in [6.07, 6.45) is 0. The maximum atomic E-state index is 12.8. The van der Waals surface area contributed by atoms with Crippen LogP contribution in [0.4, 0.5) is 5.69 Å². The highest BCUT2D eigenvalue weighted by Gasteiger charge is 2.27. The first-order valence-corrected chi connectivity index (χ1v) is 8.69. The molecule has 0 aromatic heterocycles. The van der Waals surface area contributed by atoms with Crippen LogP contribution in [0.3, 0.4) is 0 Å². The highest BCUT2D eigenvalue weighted by atomic mass is 32.2. The minimum Gasteiger partial charge on any atom is -0.378 e. The van der Waals surface area contributed by atoms with Gasteiger partial charge in [-0.25, -0.2) is 8.42 Å². The van der Waals surface area contributed by atoms with Crippen molar-refractivity contribution >= 4 is 15.5 Å². The molecule has 2 aromatic carbocycles. The lowest BCUT2D eigenvalue weighted by Crippen LogP contribution is -2.22. The van der Waals surface area contributed by atoms with Gasteiger partial charge in [-0.3, -0.25) is 0 Å². The number of benzene rings is 2. The molecule has 0 saturated heterocycles. The minimum absolute atomic E-state index is 0.0531. The van der Waals surface area contributed by atoms with Crippen LogP contribution in [0, 0.1) is 6.92 Å². The lowest BCUT2D eigenvalue weighted by Gasteiger charge is -2.18. The second kappa shape index (κ2) is 6.50. The van der Waals surface area contributed by atoms with Crippen LogP contribution in [0.15, 0.2) is 53.4 Å². The largest absolute Gasteiger partial charge is 0.378 e. The predicted octanol–water partition coefficient (Wildman–Crippen LogP) is 2.53. The molecule has 0 spiro atoms. The quantitative estimate of drug-likeness (QED) is 0.920. The monoisotopic (exact) mass is 318 g/mol. The molecule has 0 radical (unpaired) electrons. The molecule has 0 aliphatic rings. The molecule has 2 aromatic rings. The number of hydrogen-bond donors (Lipinski definition) is 1. The Morgan fingerprint density at radius 3 is 2.00 bits per heavy atom. The zero-order valence-corrected chi connectivity index (χ0v) is 14.0. The molecule has 4 nitrogen and oxygen atoms in total. The zero-order valence-electron chi connectivity index (χ0n) is 13.2. The maximum Gasteiger partial charge on any atom is 0.186 e. The van der Waals surface area contributed by atoms with Crippen LogP contribution in [-0.2, 0) is 9.84 Å². The number of anilines is 1. The molecule has 2 rings (SSSR count). The van der Waals surface area contributed by atoms with Crippen molar-refractivity contribution in [2.75, 3.05) is 25.5 Å². The summed E-state index contributed by atoms with van der Waals surface area (Å²) in [7, 11) is 0.393. The van der Waals surface area contributed by atoms with E-state index in [0.29, 0.717) is 10.5 Å². The zero-order chi connectivity index (χ0) is 16.3. The van der Waals surface area contributed by atoms with Gasteiger partial charge in [0.05, 0.1) is 4.90 Å². The van der Waals surface area contributed by atoms with Gasteiger partial charge in [0.1, 0.15) is 5.25 Å². The van der Waals surface area contributed by atoms with Gasteiger partial charge in [-0.2, -0.15) is 0 Å². The van der Waals surface area contributed by atoms with Crippen molar-refractivity contribution in [1.82, 2.24) is 0 Å². The third-order valence-corrected chi connectivity index (χ3v) is 5.86. The molecule has 0 unspecified atom stereocenters. The fourth-order valence-corrected chi connectivity index (χ4v) is 3.93. The molecule has 5 heteroatoms. The van der Waals surface area contributed by atoms with E-state index in [4.69, 9.17) is 5.73 Å². The summed E-state index contributed by atoms with van der Waals surface area (Å²) in [6, 6.07) is 14.4. The van der Waals surface area contributed by atoms with Crippen LogP contribution in [-0.4, -0.2) is 29.1 Å². The highest BCUT2D eigenvalue weighted by Crippen LogP contribution is 2.29. The number of rotatable bonds is 5. The normalized spacial score (nSPS) is 12.9. The van der Waals surface area contributed by atoms with Crippen molar-refractivity contribution in [1.29, 1.82) is 0 Å². The number of hydrogen-bond acceptors (Lipinski definition) is 4. The summed E-state index contributed by atoms with van der Waals surface area (Å²) in [4.78, 5) is 2.28. The molecule has 0 bridgehead atoms. The van der Waals surface area contributed by atoms with Crippen LogP contribution in [0.5, 0.6) is 0 Å². The summed E-state index contributed by atoms with van der Waals surface area (Å²) in [5, 5.41) is -0.730. The van der Waals surface area contributed by atoms with E-state index in [-0.39, 0.29) is 6.54 Å². The Bertz CT molecular complexity index is 720. The SMILES string of the molecule is Cc1ccc(S(=O)(=O)[C@H](CN)c2ccc(N(C)C)cc2)cc1. The maximum absolute atomic E-state index is 12.8. The van der Waals surface area contributed by atoms with Crippen molar-refractivity contribution in [3.05, 3.63) is 59.7 Å². The van der Waals surface area contributed by atoms with Gasteiger partial charge in [0, 0.05) is 26.3 Å². The third kappa shape index (κ3) is 3.31. The fraction of sp³-hybridized carbons (Fsp3) is 0.294. The lowest BCUT2D eigenvalue weighted by atomic mass is 10.1. The standard InChI is InChI=1S/C17H22N2O2S/c1-13-4-10-16(11-5-13)22(20,21)17(12-18)14-6-8-15(9-7-14)19(2)3/h4-11,17H,12,18H2,1-3H3/t17-/m1/s1. The summed E-state index contributed by atoms with van der Waals surface area (Å²) in [6.45, 7) is 1.98. The van der Waals surface area contributed by atoms with Crippen LogP contribution < -0.4 is 10.6 Å². The number of nitrogens with zero attached hydrogens (tertiary/aromatic N) is 1. The summed E-state index contributed by atoms with van der Waals surface area (Å²) in [5.74, 6) is 0. The van der Waals surface area contributed by atoms with Crippen LogP contribution in [0.2, 0.25) is 0 Å². The van der Waals surface area contributed by atoms with Gasteiger partial charge in [-0.05, 0) is 36.8 Å². The first-order chi connectivity index (χ1) is 10.4. The number of aryl methyl sites for hydroxylation is 1. The number of sulfone groups is 1. The van der Waals surface area contributed by atoms with Crippen LogP contribution in [0.25, 0.3) is 0 Å². The van der Waals surface area contributed by atoms with Crippen LogP contribution >= 0.6 is 0 Å². The van der Waals surface area contributed by atoms with Crippen LogP contribution in [0.1, 0.15) is 16.4 Å². The molecule has 0 heterocycles. The van der Waals surface area contributed by atoms with Crippen molar-refractivity contribution < 1.29 is 8.42 Å². The minimum atomic E-state index is -3.49. The molecule has 0 amide bonds. The smallest absolute Gasteiger partial charge is 0.186 e. The molecule has 118 valence electrons. The Hall–Kier alpha value is -1.85. The Balaban J connectivity index is 2.40. The molecule has 0 aliphatic carbocycles. The van der Waals surface area contributed by atoms with Gasteiger partial charge in [0.25, 0.3) is 0 Å². The van der Waals surface area contributed by atoms with E-state index in [0.717, 1.165) is 11.3 Å². The van der Waals surface area contributed by atoms with E-state index in [1.54, 1.807) is 24.3 Å². The molecule has 0 aliphatic heterocycles. The Labute approximate surface area is 132 Å². The van der Waals surface area contributed by atoms with Crippen molar-refractivity contribution in [2.24, 2.45) is 5.73 Å². The second-order valence-corrected chi connectivity index (χ2v) is 7.70. The van der Waals surface area contributed by atoms with Crippen molar-refractivity contribution in [2.45, 2.75) is 17.1 Å². The van der Waals surface area contributed by atoms with Gasteiger partial charge >= 0.3 is 0 Å². The van der Waals surface area contributed by atoms with Crippen molar-refractivity contribution in [3.8, 4) is 0 Å². The fourth-order valence-electron chi connectivity index (χ4n) is 2.32. The second-order valence-electron chi connectivity index (χ2n) is 5.57. The van der Waals surface area contributed by atoms with E-state index < -0.39 is 15.1 Å². The van der Waals surface area contributed by atoms with E-state index in [1.165, 1.54) is 0 Å². The van der Waals surface area contributed by atoms with E-state index in [2.05, 4.69) is 0 Å². The lowest BCUT2D eigenvalue weighted by molar-refractivity contribution is 0.582. The van der Waals surface area contributed by atoms with E-state index in [1.807, 2.05) is 50.2 Å². The third-order valence-electron chi connectivity index (χ3n) is 3.72. The van der Waals surface area contributed by atoms with Gasteiger partial charge < -0.3 is 10.6 Å². The van der Waals surface area contributed by atoms with Gasteiger partial charge in [0.15, 0.2) is 9.84 Å². The first kappa shape index (κ1) is 16.5. The molecule has 22 heavy (non-hydrogen) atoms. The first-order valence-electron chi connectivity index (χ1n) is 7.14. The number of nitrogens with two attached hydrogens (primary N) is 1. The summed E-state index contributed by atoms with van der Waals surface area (Å²) >= 11 is 0. The van der Waals surface area contributed by atoms with E-state index in [9.17, 15) is 8.42 Å². The average molecular weight is 318 g/mol. The molecule has 0 saturated carbocycles. The van der Waals surface area contributed by atoms with E-state index >= 15 is 0 Å². The molecule has 1 atom stereocenters. The Kier molecular flexibility index (Phi) is 4.88. The molecule has 2 N–H and O–H groups in total. The summed E-state index contributed by atoms with van der Waals surface area (Å²) < 4.78 is 25.6. The highest BCUT2D eigenvalue weighted by molar-refractivity contribution is 7.91. The predicted molar refractivity (Wildman–Crippen MR) is 90.9 cm³/mol. The van der Waals surface area contributed by atoms with Gasteiger partial charge in [0.2, 0.25) is 0 Å². The average Bonchev–Trinajstić information content (AvgIpc) is 2.48. The Morgan fingerprint density at radius 2 is 1.55 bits per heavy atom. The topological polar surface area (TPSA) is 63.4 Å². The summed E-state index contributed by atoms with van der Waals surface area (Å²) in [5.41, 5.74) is 8.53. The molecular formula is C17H22N2O2S.